The summed E-state index contributed by atoms with van der Waals surface area (Å²) in [5.74, 6) is -0.240. The van der Waals surface area contributed by atoms with Crippen molar-refractivity contribution in [2.45, 2.75) is 23.5 Å². The summed E-state index contributed by atoms with van der Waals surface area (Å²) in [6.45, 7) is 2.00. The Morgan fingerprint density at radius 3 is 2.41 bits per heavy atom. The maximum absolute atomic E-state index is 13.1. The average Bonchev–Trinajstić information content (AvgIpc) is 2.87. The molecule has 2 amide bonds. The first-order valence-electron chi connectivity index (χ1n) is 11.2. The summed E-state index contributed by atoms with van der Waals surface area (Å²) in [5.41, 5.74) is 2.47. The maximum atomic E-state index is 13.1. The van der Waals surface area contributed by atoms with Crippen LogP contribution in [-0.4, -0.2) is 17.1 Å². The molecule has 1 unspecified atom stereocenters. The predicted molar refractivity (Wildman–Crippen MR) is 143 cm³/mol. The van der Waals surface area contributed by atoms with E-state index in [1.165, 1.54) is 17.8 Å². The largest absolute Gasteiger partial charge is 0.325 e. The molecule has 0 aliphatic heterocycles. The minimum Gasteiger partial charge on any atom is -0.325 e. The number of carbonyl (C=O) groups is 2. The minimum atomic E-state index is -0.261. The van der Waals surface area contributed by atoms with Crippen LogP contribution in [-0.2, 0) is 9.59 Å². The Labute approximate surface area is 204 Å². The molecule has 5 heteroatoms. The van der Waals surface area contributed by atoms with Crippen molar-refractivity contribution in [1.82, 2.24) is 0 Å². The number of nitrogens with one attached hydrogen (secondary N) is 2. The first-order chi connectivity index (χ1) is 16.6. The standard InChI is InChI=1S/C29H26N2O2S/c1-2-27(29(33)31-26-17-8-13-22-12-6-7-16-25(22)26)34-24-15-9-14-23(20-24)30-28(32)19-18-21-10-4-3-5-11-21/h3-20,27H,2H2,1H3,(H,30,32)(H,31,33)/b19-18+. The highest BCUT2D eigenvalue weighted by atomic mass is 32.2. The summed E-state index contributed by atoms with van der Waals surface area (Å²) in [7, 11) is 0. The molecule has 1 atom stereocenters. The van der Waals surface area contributed by atoms with E-state index in [-0.39, 0.29) is 17.1 Å². The minimum absolute atomic E-state index is 0.0379. The number of hydrogen-bond acceptors (Lipinski definition) is 3. The lowest BCUT2D eigenvalue weighted by Crippen LogP contribution is -2.24. The zero-order valence-electron chi connectivity index (χ0n) is 18.9. The fourth-order valence-corrected chi connectivity index (χ4v) is 4.61. The molecule has 34 heavy (non-hydrogen) atoms. The Hall–Kier alpha value is -3.83. The molecule has 170 valence electrons. The Kier molecular flexibility index (Phi) is 7.79. The highest BCUT2D eigenvalue weighted by molar-refractivity contribution is 8.00. The van der Waals surface area contributed by atoms with Crippen LogP contribution in [0.1, 0.15) is 18.9 Å². The first kappa shape index (κ1) is 23.3. The first-order valence-corrected chi connectivity index (χ1v) is 12.1. The van der Waals surface area contributed by atoms with Gasteiger partial charge in [-0.3, -0.25) is 9.59 Å². The lowest BCUT2D eigenvalue weighted by Gasteiger charge is -2.16. The number of anilines is 2. The van der Waals surface area contributed by atoms with Gasteiger partial charge >= 0.3 is 0 Å². The van der Waals surface area contributed by atoms with E-state index in [1.807, 2.05) is 104 Å². The van der Waals surface area contributed by atoms with Gasteiger partial charge in [0.1, 0.15) is 0 Å². The smallest absolute Gasteiger partial charge is 0.248 e. The quantitative estimate of drug-likeness (QED) is 0.217. The third kappa shape index (κ3) is 6.15. The number of benzene rings is 4. The topological polar surface area (TPSA) is 58.2 Å². The summed E-state index contributed by atoms with van der Waals surface area (Å²) in [5, 5.41) is 7.84. The molecule has 0 fully saturated rings. The molecular formula is C29H26N2O2S. The number of carbonyl (C=O) groups excluding carboxylic acids is 2. The van der Waals surface area contributed by atoms with Gasteiger partial charge in [-0.2, -0.15) is 0 Å². The number of thioether (sulfide) groups is 1. The number of fused-ring (bicyclic) bond motifs is 1. The van der Waals surface area contributed by atoms with Gasteiger partial charge in [0.2, 0.25) is 11.8 Å². The lowest BCUT2D eigenvalue weighted by molar-refractivity contribution is -0.115. The van der Waals surface area contributed by atoms with Crippen molar-refractivity contribution >= 4 is 51.8 Å². The molecular weight excluding hydrogens is 440 g/mol. The zero-order chi connectivity index (χ0) is 23.8. The fraction of sp³-hybridized carbons (Fsp3) is 0.103. The van der Waals surface area contributed by atoms with Crippen LogP contribution in [0.15, 0.2) is 108 Å². The van der Waals surface area contributed by atoms with Crippen molar-refractivity contribution in [2.24, 2.45) is 0 Å². The van der Waals surface area contributed by atoms with E-state index in [4.69, 9.17) is 0 Å². The summed E-state index contributed by atoms with van der Waals surface area (Å²) in [6.07, 6.45) is 3.97. The van der Waals surface area contributed by atoms with Crippen molar-refractivity contribution in [2.75, 3.05) is 10.6 Å². The van der Waals surface area contributed by atoms with Crippen LogP contribution in [0.25, 0.3) is 16.8 Å². The van der Waals surface area contributed by atoms with Gasteiger partial charge in [0.05, 0.1) is 5.25 Å². The molecule has 2 N–H and O–H groups in total. The van der Waals surface area contributed by atoms with Crippen LogP contribution in [0, 0.1) is 0 Å². The van der Waals surface area contributed by atoms with Crippen molar-refractivity contribution in [1.29, 1.82) is 0 Å². The fourth-order valence-electron chi connectivity index (χ4n) is 3.60. The molecule has 0 heterocycles. The molecule has 4 nitrogen and oxygen atoms in total. The van der Waals surface area contributed by atoms with E-state index < -0.39 is 0 Å². The Balaban J connectivity index is 1.41. The SMILES string of the molecule is CCC(Sc1cccc(NC(=O)/C=C/c2ccccc2)c1)C(=O)Nc1cccc2ccccc12. The number of rotatable bonds is 8. The molecule has 4 aromatic carbocycles. The highest BCUT2D eigenvalue weighted by Crippen LogP contribution is 2.30. The predicted octanol–water partition coefficient (Wildman–Crippen LogP) is 7.00. The second-order valence-corrected chi connectivity index (χ2v) is 9.07. The molecule has 0 spiro atoms. The van der Waals surface area contributed by atoms with E-state index in [0.717, 1.165) is 26.9 Å². The van der Waals surface area contributed by atoms with Gasteiger partial charge in [-0.1, -0.05) is 79.7 Å². The Bertz CT molecular complexity index is 1310. The van der Waals surface area contributed by atoms with Crippen LogP contribution in [0.2, 0.25) is 0 Å². The highest BCUT2D eigenvalue weighted by Gasteiger charge is 2.19. The molecule has 0 saturated heterocycles. The lowest BCUT2D eigenvalue weighted by atomic mass is 10.1. The van der Waals surface area contributed by atoms with Crippen LogP contribution < -0.4 is 10.6 Å². The van der Waals surface area contributed by atoms with E-state index in [9.17, 15) is 9.59 Å². The van der Waals surface area contributed by atoms with Gasteiger partial charge in [0.15, 0.2) is 0 Å². The van der Waals surface area contributed by atoms with Gasteiger partial charge in [0, 0.05) is 27.7 Å². The van der Waals surface area contributed by atoms with Crippen molar-refractivity contribution < 1.29 is 9.59 Å². The zero-order valence-corrected chi connectivity index (χ0v) is 19.7. The molecule has 4 aromatic rings. The molecule has 0 aliphatic rings. The molecule has 0 radical (unpaired) electrons. The van der Waals surface area contributed by atoms with Crippen molar-refractivity contribution in [3.05, 3.63) is 109 Å². The maximum Gasteiger partial charge on any atom is 0.248 e. The van der Waals surface area contributed by atoms with E-state index in [1.54, 1.807) is 6.08 Å². The number of hydrogen-bond donors (Lipinski definition) is 2. The Morgan fingerprint density at radius 1 is 0.853 bits per heavy atom. The Morgan fingerprint density at radius 2 is 1.59 bits per heavy atom. The molecule has 0 saturated carbocycles. The van der Waals surface area contributed by atoms with Gasteiger partial charge in [-0.05, 0) is 47.7 Å². The van der Waals surface area contributed by atoms with E-state index >= 15 is 0 Å². The molecule has 0 bridgehead atoms. The summed E-state index contributed by atoms with van der Waals surface area (Å²) in [4.78, 5) is 26.3. The average molecular weight is 467 g/mol. The van der Waals surface area contributed by atoms with E-state index in [2.05, 4.69) is 10.6 Å². The van der Waals surface area contributed by atoms with Crippen LogP contribution in [0.4, 0.5) is 11.4 Å². The summed E-state index contributed by atoms with van der Waals surface area (Å²) < 4.78 is 0. The second-order valence-electron chi connectivity index (χ2n) is 7.79. The third-order valence-corrected chi connectivity index (χ3v) is 6.68. The van der Waals surface area contributed by atoms with Gasteiger partial charge < -0.3 is 10.6 Å². The number of amides is 2. The van der Waals surface area contributed by atoms with Gasteiger partial charge in [0.25, 0.3) is 0 Å². The van der Waals surface area contributed by atoms with Crippen LogP contribution in [0.3, 0.4) is 0 Å². The summed E-state index contributed by atoms with van der Waals surface area (Å²) >= 11 is 1.49. The van der Waals surface area contributed by atoms with E-state index in [0.29, 0.717) is 12.1 Å². The normalized spacial score (nSPS) is 11.9. The molecule has 0 aliphatic carbocycles. The third-order valence-electron chi connectivity index (χ3n) is 5.32. The van der Waals surface area contributed by atoms with Crippen LogP contribution >= 0.6 is 11.8 Å². The monoisotopic (exact) mass is 466 g/mol. The second kappa shape index (κ2) is 11.3. The molecule has 4 rings (SSSR count). The van der Waals surface area contributed by atoms with Crippen LogP contribution in [0.5, 0.6) is 0 Å². The van der Waals surface area contributed by atoms with Crippen molar-refractivity contribution in [3.8, 4) is 0 Å². The van der Waals surface area contributed by atoms with Crippen molar-refractivity contribution in [3.63, 3.8) is 0 Å². The van der Waals surface area contributed by atoms with Gasteiger partial charge in [-0.15, -0.1) is 11.8 Å². The van der Waals surface area contributed by atoms with Gasteiger partial charge in [-0.25, -0.2) is 0 Å². The summed E-state index contributed by atoms with van der Waals surface area (Å²) in [6, 6.07) is 31.2. The molecule has 0 aromatic heterocycles.